The van der Waals surface area contributed by atoms with E-state index in [2.05, 4.69) is 4.98 Å². The Balaban J connectivity index is 2.92. The summed E-state index contributed by atoms with van der Waals surface area (Å²) in [5.74, 6) is -0.887. The van der Waals surface area contributed by atoms with Gasteiger partial charge in [0.2, 0.25) is 5.91 Å². The van der Waals surface area contributed by atoms with Crippen molar-refractivity contribution in [2.24, 2.45) is 0 Å². The highest BCUT2D eigenvalue weighted by Crippen LogP contribution is 2.15. The van der Waals surface area contributed by atoms with Crippen LogP contribution < -0.4 is 4.90 Å². The molecule has 0 fully saturated rings. The monoisotopic (exact) mass is 237 g/mol. The number of likely N-dealkylation sites (N-methyl/N-ethyl adjacent to an activating group) is 2. The Bertz CT molecular complexity index is 432. The summed E-state index contributed by atoms with van der Waals surface area (Å²) in [5, 5.41) is 9.00. The van der Waals surface area contributed by atoms with E-state index in [0.717, 1.165) is 0 Å². The standard InChI is InChI=1S/C11H15N3O3/c1-13(2)9(15)7-14(3)10-8(11(16)17)5-4-6-12-10/h4-6H,7H2,1-3H3,(H,16,17). The molecule has 0 bridgehead atoms. The van der Waals surface area contributed by atoms with E-state index in [1.165, 1.54) is 22.1 Å². The second-order valence-corrected chi connectivity index (χ2v) is 3.82. The summed E-state index contributed by atoms with van der Waals surface area (Å²) >= 11 is 0. The number of aromatic nitrogens is 1. The molecule has 1 amide bonds. The Morgan fingerprint density at radius 2 is 2.00 bits per heavy atom. The SMILES string of the molecule is CN(C)C(=O)CN(C)c1ncccc1C(=O)O. The molecule has 0 aromatic carbocycles. The van der Waals surface area contributed by atoms with Crippen molar-refractivity contribution < 1.29 is 14.7 Å². The summed E-state index contributed by atoms with van der Waals surface area (Å²) in [6, 6.07) is 3.01. The molecule has 1 heterocycles. The minimum absolute atomic E-state index is 0.0848. The summed E-state index contributed by atoms with van der Waals surface area (Å²) in [6.07, 6.45) is 1.50. The fourth-order valence-electron chi connectivity index (χ4n) is 1.29. The molecule has 0 spiro atoms. The van der Waals surface area contributed by atoms with Crippen molar-refractivity contribution in [2.75, 3.05) is 32.6 Å². The van der Waals surface area contributed by atoms with Crippen LogP contribution in [0, 0.1) is 0 Å². The van der Waals surface area contributed by atoms with Crippen LogP contribution in [0.3, 0.4) is 0 Å². The molecule has 0 aliphatic carbocycles. The van der Waals surface area contributed by atoms with Crippen LogP contribution in [-0.4, -0.2) is 54.6 Å². The summed E-state index contributed by atoms with van der Waals surface area (Å²) in [4.78, 5) is 29.5. The van der Waals surface area contributed by atoms with Gasteiger partial charge in [0.15, 0.2) is 0 Å². The molecule has 0 aliphatic heterocycles. The van der Waals surface area contributed by atoms with E-state index < -0.39 is 5.97 Å². The van der Waals surface area contributed by atoms with Crippen molar-refractivity contribution in [2.45, 2.75) is 0 Å². The van der Waals surface area contributed by atoms with Crippen LogP contribution in [0.2, 0.25) is 0 Å². The van der Waals surface area contributed by atoms with Gasteiger partial charge in [0.1, 0.15) is 11.4 Å². The summed E-state index contributed by atoms with van der Waals surface area (Å²) in [7, 11) is 4.93. The Morgan fingerprint density at radius 1 is 1.35 bits per heavy atom. The summed E-state index contributed by atoms with van der Waals surface area (Å²) in [5.41, 5.74) is 0.0848. The largest absolute Gasteiger partial charge is 0.478 e. The lowest BCUT2D eigenvalue weighted by atomic mass is 10.2. The molecule has 1 rings (SSSR count). The number of pyridine rings is 1. The van der Waals surface area contributed by atoms with Gasteiger partial charge in [0.25, 0.3) is 0 Å². The van der Waals surface area contributed by atoms with Crippen molar-refractivity contribution in [3.05, 3.63) is 23.9 Å². The van der Waals surface area contributed by atoms with E-state index in [9.17, 15) is 9.59 Å². The molecular formula is C11H15N3O3. The Morgan fingerprint density at radius 3 is 2.53 bits per heavy atom. The number of carboxylic acid groups (broad SMARTS) is 1. The van der Waals surface area contributed by atoms with Crippen LogP contribution in [0.15, 0.2) is 18.3 Å². The zero-order chi connectivity index (χ0) is 13.0. The average molecular weight is 237 g/mol. The normalized spacial score (nSPS) is 9.82. The van der Waals surface area contributed by atoms with Gasteiger partial charge in [-0.3, -0.25) is 4.79 Å². The zero-order valence-electron chi connectivity index (χ0n) is 10.0. The molecule has 6 heteroatoms. The number of amides is 1. The Kier molecular flexibility index (Phi) is 4.03. The maximum absolute atomic E-state index is 11.5. The molecule has 1 N–H and O–H groups in total. The highest BCUT2D eigenvalue weighted by Gasteiger charge is 2.16. The Labute approximate surface area is 99.5 Å². The first-order valence-electron chi connectivity index (χ1n) is 5.03. The predicted octanol–water partition coefficient (Wildman–Crippen LogP) is 0.304. The number of aromatic carboxylic acids is 1. The topological polar surface area (TPSA) is 73.7 Å². The van der Waals surface area contributed by atoms with Gasteiger partial charge >= 0.3 is 5.97 Å². The maximum atomic E-state index is 11.5. The van der Waals surface area contributed by atoms with Crippen LogP contribution in [0.1, 0.15) is 10.4 Å². The molecule has 92 valence electrons. The molecule has 0 unspecified atom stereocenters. The van der Waals surface area contributed by atoms with Crippen LogP contribution >= 0.6 is 0 Å². The van der Waals surface area contributed by atoms with Gasteiger partial charge in [-0.25, -0.2) is 9.78 Å². The van der Waals surface area contributed by atoms with Crippen molar-refractivity contribution in [1.29, 1.82) is 0 Å². The third kappa shape index (κ3) is 3.17. The van der Waals surface area contributed by atoms with Crippen LogP contribution in [0.5, 0.6) is 0 Å². The molecule has 6 nitrogen and oxygen atoms in total. The number of rotatable bonds is 4. The average Bonchev–Trinajstić information content (AvgIpc) is 2.28. The van der Waals surface area contributed by atoms with Gasteiger partial charge in [-0.05, 0) is 12.1 Å². The number of carboxylic acids is 1. The first-order valence-corrected chi connectivity index (χ1v) is 5.03. The first kappa shape index (κ1) is 13.0. The van der Waals surface area contributed by atoms with Gasteiger partial charge in [-0.2, -0.15) is 0 Å². The van der Waals surface area contributed by atoms with Gasteiger partial charge in [-0.1, -0.05) is 0 Å². The fourth-order valence-corrected chi connectivity index (χ4v) is 1.29. The van der Waals surface area contributed by atoms with Crippen molar-refractivity contribution in [1.82, 2.24) is 9.88 Å². The lowest BCUT2D eigenvalue weighted by molar-refractivity contribution is -0.127. The number of nitrogens with zero attached hydrogens (tertiary/aromatic N) is 3. The van der Waals surface area contributed by atoms with Crippen LogP contribution in [-0.2, 0) is 4.79 Å². The Hall–Kier alpha value is -2.11. The van der Waals surface area contributed by atoms with E-state index in [-0.39, 0.29) is 23.8 Å². The van der Waals surface area contributed by atoms with Crippen molar-refractivity contribution >= 4 is 17.7 Å². The third-order valence-corrected chi connectivity index (χ3v) is 2.25. The number of carbonyl (C=O) groups is 2. The van der Waals surface area contributed by atoms with E-state index in [1.54, 1.807) is 27.2 Å². The number of carbonyl (C=O) groups excluding carboxylic acids is 1. The fraction of sp³-hybridized carbons (Fsp3) is 0.364. The van der Waals surface area contributed by atoms with E-state index in [1.807, 2.05) is 0 Å². The van der Waals surface area contributed by atoms with Gasteiger partial charge in [-0.15, -0.1) is 0 Å². The molecular weight excluding hydrogens is 222 g/mol. The molecule has 0 aliphatic rings. The molecule has 17 heavy (non-hydrogen) atoms. The predicted molar refractivity (Wildman–Crippen MR) is 63.2 cm³/mol. The molecule has 0 radical (unpaired) electrons. The minimum Gasteiger partial charge on any atom is -0.478 e. The van der Waals surface area contributed by atoms with Crippen LogP contribution in [0.4, 0.5) is 5.82 Å². The van der Waals surface area contributed by atoms with Gasteiger partial charge < -0.3 is 14.9 Å². The highest BCUT2D eigenvalue weighted by atomic mass is 16.4. The second-order valence-electron chi connectivity index (χ2n) is 3.82. The molecule has 1 aromatic rings. The van der Waals surface area contributed by atoms with Crippen molar-refractivity contribution in [3.8, 4) is 0 Å². The van der Waals surface area contributed by atoms with Crippen LogP contribution in [0.25, 0.3) is 0 Å². The second kappa shape index (κ2) is 5.29. The lowest BCUT2D eigenvalue weighted by Crippen LogP contribution is -2.35. The number of hydrogen-bond donors (Lipinski definition) is 1. The summed E-state index contributed by atoms with van der Waals surface area (Å²) in [6.45, 7) is 0.0876. The smallest absolute Gasteiger partial charge is 0.339 e. The van der Waals surface area contributed by atoms with Crippen molar-refractivity contribution in [3.63, 3.8) is 0 Å². The number of anilines is 1. The first-order chi connectivity index (χ1) is 7.93. The van der Waals surface area contributed by atoms with E-state index >= 15 is 0 Å². The number of hydrogen-bond acceptors (Lipinski definition) is 4. The van der Waals surface area contributed by atoms with Gasteiger partial charge in [0.05, 0.1) is 6.54 Å². The van der Waals surface area contributed by atoms with E-state index in [0.29, 0.717) is 0 Å². The molecule has 0 saturated carbocycles. The maximum Gasteiger partial charge on any atom is 0.339 e. The molecule has 0 atom stereocenters. The summed E-state index contributed by atoms with van der Waals surface area (Å²) < 4.78 is 0. The molecule has 0 saturated heterocycles. The lowest BCUT2D eigenvalue weighted by Gasteiger charge is -2.21. The zero-order valence-corrected chi connectivity index (χ0v) is 10.0. The van der Waals surface area contributed by atoms with E-state index in [4.69, 9.17) is 5.11 Å². The molecule has 1 aromatic heterocycles. The highest BCUT2D eigenvalue weighted by molar-refractivity contribution is 5.94. The quantitative estimate of drug-likeness (QED) is 0.815. The van der Waals surface area contributed by atoms with Gasteiger partial charge in [0, 0.05) is 27.3 Å². The third-order valence-electron chi connectivity index (χ3n) is 2.25. The minimum atomic E-state index is -1.06.